The van der Waals surface area contributed by atoms with Crippen molar-refractivity contribution in [3.63, 3.8) is 0 Å². The van der Waals surface area contributed by atoms with Gasteiger partial charge in [0.1, 0.15) is 0 Å². The van der Waals surface area contributed by atoms with E-state index >= 15 is 0 Å². The van der Waals surface area contributed by atoms with Crippen LogP contribution in [0.5, 0.6) is 0 Å². The van der Waals surface area contributed by atoms with Gasteiger partial charge in [-0.15, -0.1) is 0 Å². The van der Waals surface area contributed by atoms with Crippen LogP contribution in [0.25, 0.3) is 10.9 Å². The summed E-state index contributed by atoms with van der Waals surface area (Å²) in [6.45, 7) is 2.66. The molecule has 2 N–H and O–H groups in total. The standard InChI is InChI=1S/C17H19N3O/c21-17(20-12-8-13-6-10-18-11-7-13)15-3-1-5-16-14(15)4-2-9-19-16/h1-6,9,18H,7-8,10-12H2,(H,20,21). The minimum atomic E-state index is -0.0249. The van der Waals surface area contributed by atoms with Gasteiger partial charge in [-0.1, -0.05) is 23.8 Å². The molecule has 1 aliphatic rings. The molecular formula is C17H19N3O. The summed E-state index contributed by atoms with van der Waals surface area (Å²) >= 11 is 0. The first kappa shape index (κ1) is 13.8. The van der Waals surface area contributed by atoms with Crippen LogP contribution in [0, 0.1) is 0 Å². The van der Waals surface area contributed by atoms with Gasteiger partial charge in [0.2, 0.25) is 0 Å². The molecule has 0 aliphatic carbocycles. The van der Waals surface area contributed by atoms with Crippen LogP contribution in [0.4, 0.5) is 0 Å². The third-order valence-corrected chi connectivity index (χ3v) is 3.78. The molecule has 108 valence electrons. The first-order valence-electron chi connectivity index (χ1n) is 7.35. The quantitative estimate of drug-likeness (QED) is 0.845. The second-order valence-electron chi connectivity index (χ2n) is 5.20. The molecular weight excluding hydrogens is 262 g/mol. The summed E-state index contributed by atoms with van der Waals surface area (Å²) in [5.74, 6) is -0.0249. The minimum Gasteiger partial charge on any atom is -0.352 e. The number of benzene rings is 1. The average molecular weight is 281 g/mol. The molecule has 1 aliphatic heterocycles. The number of nitrogens with zero attached hydrogens (tertiary/aromatic N) is 1. The van der Waals surface area contributed by atoms with Gasteiger partial charge in [-0.3, -0.25) is 9.78 Å². The molecule has 4 nitrogen and oxygen atoms in total. The van der Waals surface area contributed by atoms with Crippen molar-refractivity contribution in [3.8, 4) is 0 Å². The molecule has 0 unspecified atom stereocenters. The Labute approximate surface area is 124 Å². The van der Waals surface area contributed by atoms with Crippen LogP contribution >= 0.6 is 0 Å². The van der Waals surface area contributed by atoms with Gasteiger partial charge in [-0.05, 0) is 37.6 Å². The summed E-state index contributed by atoms with van der Waals surface area (Å²) in [6, 6.07) is 9.44. The Morgan fingerprint density at radius 2 is 2.24 bits per heavy atom. The van der Waals surface area contributed by atoms with Crippen molar-refractivity contribution < 1.29 is 4.79 Å². The lowest BCUT2D eigenvalue weighted by Crippen LogP contribution is -2.26. The van der Waals surface area contributed by atoms with Crippen LogP contribution in [-0.4, -0.2) is 30.5 Å². The molecule has 2 aromatic rings. The second kappa shape index (κ2) is 6.50. The summed E-state index contributed by atoms with van der Waals surface area (Å²) in [7, 11) is 0. The van der Waals surface area contributed by atoms with Crippen molar-refractivity contribution in [1.29, 1.82) is 0 Å². The van der Waals surface area contributed by atoms with E-state index in [1.54, 1.807) is 6.20 Å². The molecule has 3 rings (SSSR count). The summed E-state index contributed by atoms with van der Waals surface area (Å²) in [4.78, 5) is 16.6. The Balaban J connectivity index is 1.65. The summed E-state index contributed by atoms with van der Waals surface area (Å²) < 4.78 is 0. The number of fused-ring (bicyclic) bond motifs is 1. The Morgan fingerprint density at radius 3 is 3.10 bits per heavy atom. The Morgan fingerprint density at radius 1 is 1.29 bits per heavy atom. The summed E-state index contributed by atoms with van der Waals surface area (Å²) in [5.41, 5.74) is 2.97. The highest BCUT2D eigenvalue weighted by molar-refractivity contribution is 6.06. The number of carbonyl (C=O) groups is 1. The zero-order chi connectivity index (χ0) is 14.5. The Kier molecular flexibility index (Phi) is 4.26. The first-order valence-corrected chi connectivity index (χ1v) is 7.35. The normalized spacial score (nSPS) is 14.8. The number of amides is 1. The van der Waals surface area contributed by atoms with E-state index in [0.29, 0.717) is 12.1 Å². The van der Waals surface area contributed by atoms with Crippen molar-refractivity contribution in [3.05, 3.63) is 53.7 Å². The van der Waals surface area contributed by atoms with Crippen molar-refractivity contribution in [2.75, 3.05) is 19.6 Å². The molecule has 2 heterocycles. The first-order chi connectivity index (χ1) is 10.3. The lowest BCUT2D eigenvalue weighted by molar-refractivity contribution is 0.0955. The SMILES string of the molecule is O=C(NCCC1=CCNCC1)c1cccc2ncccc12. The number of hydrogen-bond acceptors (Lipinski definition) is 3. The highest BCUT2D eigenvalue weighted by atomic mass is 16.1. The van der Waals surface area contributed by atoms with Gasteiger partial charge in [0.05, 0.1) is 5.52 Å². The van der Waals surface area contributed by atoms with Crippen LogP contribution in [0.15, 0.2) is 48.2 Å². The van der Waals surface area contributed by atoms with Crippen LogP contribution in [0.2, 0.25) is 0 Å². The van der Waals surface area contributed by atoms with E-state index in [1.165, 1.54) is 5.57 Å². The molecule has 1 aromatic heterocycles. The molecule has 4 heteroatoms. The monoisotopic (exact) mass is 281 g/mol. The van der Waals surface area contributed by atoms with Crippen molar-refractivity contribution >= 4 is 16.8 Å². The van der Waals surface area contributed by atoms with E-state index < -0.39 is 0 Å². The van der Waals surface area contributed by atoms with E-state index in [1.807, 2.05) is 30.3 Å². The van der Waals surface area contributed by atoms with Crippen molar-refractivity contribution in [1.82, 2.24) is 15.6 Å². The zero-order valence-corrected chi connectivity index (χ0v) is 11.9. The molecule has 0 atom stereocenters. The molecule has 0 bridgehead atoms. The molecule has 1 aromatic carbocycles. The van der Waals surface area contributed by atoms with E-state index in [0.717, 1.165) is 36.8 Å². The number of rotatable bonds is 4. The zero-order valence-electron chi connectivity index (χ0n) is 11.9. The maximum absolute atomic E-state index is 12.3. The molecule has 0 radical (unpaired) electrons. The van der Waals surface area contributed by atoms with Gasteiger partial charge < -0.3 is 10.6 Å². The number of nitrogens with one attached hydrogen (secondary N) is 2. The second-order valence-corrected chi connectivity index (χ2v) is 5.20. The highest BCUT2D eigenvalue weighted by Gasteiger charge is 2.10. The largest absolute Gasteiger partial charge is 0.352 e. The fourth-order valence-electron chi connectivity index (χ4n) is 2.63. The number of carbonyl (C=O) groups excluding carboxylic acids is 1. The lowest BCUT2D eigenvalue weighted by atomic mass is 10.1. The van der Waals surface area contributed by atoms with E-state index in [2.05, 4.69) is 21.7 Å². The van der Waals surface area contributed by atoms with Gasteiger partial charge in [-0.25, -0.2) is 0 Å². The third-order valence-electron chi connectivity index (χ3n) is 3.78. The number of aromatic nitrogens is 1. The Bertz CT molecular complexity index is 673. The maximum Gasteiger partial charge on any atom is 0.251 e. The van der Waals surface area contributed by atoms with E-state index in [4.69, 9.17) is 0 Å². The van der Waals surface area contributed by atoms with Crippen molar-refractivity contribution in [2.45, 2.75) is 12.8 Å². The topological polar surface area (TPSA) is 54.0 Å². The van der Waals surface area contributed by atoms with Gasteiger partial charge in [0, 0.05) is 30.2 Å². The van der Waals surface area contributed by atoms with Gasteiger partial charge in [0.25, 0.3) is 5.91 Å². The third kappa shape index (κ3) is 3.28. The number of pyridine rings is 1. The number of hydrogen-bond donors (Lipinski definition) is 2. The molecule has 0 spiro atoms. The summed E-state index contributed by atoms with van der Waals surface area (Å²) in [5, 5.41) is 7.20. The molecule has 1 amide bonds. The Hall–Kier alpha value is -2.20. The van der Waals surface area contributed by atoms with Crippen LogP contribution in [0.3, 0.4) is 0 Å². The lowest BCUT2D eigenvalue weighted by Gasteiger charge is -2.14. The maximum atomic E-state index is 12.3. The fourth-order valence-corrected chi connectivity index (χ4v) is 2.63. The van der Waals surface area contributed by atoms with Gasteiger partial charge in [-0.2, -0.15) is 0 Å². The predicted molar refractivity (Wildman–Crippen MR) is 84.3 cm³/mol. The van der Waals surface area contributed by atoms with Crippen LogP contribution in [0.1, 0.15) is 23.2 Å². The molecule has 21 heavy (non-hydrogen) atoms. The molecule has 0 saturated heterocycles. The van der Waals surface area contributed by atoms with Gasteiger partial charge in [0.15, 0.2) is 0 Å². The smallest absolute Gasteiger partial charge is 0.251 e. The fraction of sp³-hybridized carbons (Fsp3) is 0.294. The highest BCUT2D eigenvalue weighted by Crippen LogP contribution is 2.16. The average Bonchev–Trinajstić information content (AvgIpc) is 2.55. The summed E-state index contributed by atoms with van der Waals surface area (Å²) in [6.07, 6.45) is 5.97. The van der Waals surface area contributed by atoms with Crippen LogP contribution < -0.4 is 10.6 Å². The minimum absolute atomic E-state index is 0.0249. The van der Waals surface area contributed by atoms with Gasteiger partial charge >= 0.3 is 0 Å². The van der Waals surface area contributed by atoms with Crippen LogP contribution in [-0.2, 0) is 0 Å². The predicted octanol–water partition coefficient (Wildman–Crippen LogP) is 2.27. The van der Waals surface area contributed by atoms with E-state index in [-0.39, 0.29) is 5.91 Å². The molecule has 0 fully saturated rings. The van der Waals surface area contributed by atoms with Crippen molar-refractivity contribution in [2.24, 2.45) is 0 Å². The molecule has 0 saturated carbocycles. The van der Waals surface area contributed by atoms with E-state index in [9.17, 15) is 4.79 Å².